The van der Waals surface area contributed by atoms with Crippen LogP contribution in [0.1, 0.15) is 39.9 Å². The SMILES string of the molecule is CN(C)CCOC1CCN(c2ccc3c(c2)CCN(CC(O)CN2CCc4ccccc4C2)C3=O)CC1. The average molecular weight is 507 g/mol. The Morgan fingerprint density at radius 3 is 2.51 bits per heavy atom. The predicted molar refractivity (Wildman–Crippen MR) is 147 cm³/mol. The highest BCUT2D eigenvalue weighted by molar-refractivity contribution is 5.97. The molecule has 0 aromatic heterocycles. The van der Waals surface area contributed by atoms with Gasteiger partial charge in [-0.05, 0) is 74.7 Å². The highest BCUT2D eigenvalue weighted by Gasteiger charge is 2.28. The first-order chi connectivity index (χ1) is 18.0. The van der Waals surface area contributed by atoms with Gasteiger partial charge in [0.1, 0.15) is 0 Å². The molecule has 5 rings (SSSR count). The number of benzene rings is 2. The summed E-state index contributed by atoms with van der Waals surface area (Å²) in [6.45, 7) is 7.18. The van der Waals surface area contributed by atoms with Gasteiger partial charge in [0, 0.05) is 63.6 Å². The van der Waals surface area contributed by atoms with Crippen LogP contribution >= 0.6 is 0 Å². The Morgan fingerprint density at radius 2 is 1.73 bits per heavy atom. The number of ether oxygens (including phenoxy) is 1. The molecule has 0 bridgehead atoms. The smallest absolute Gasteiger partial charge is 0.254 e. The summed E-state index contributed by atoms with van der Waals surface area (Å²) in [5.41, 5.74) is 5.88. The van der Waals surface area contributed by atoms with E-state index >= 15 is 0 Å². The van der Waals surface area contributed by atoms with Gasteiger partial charge >= 0.3 is 0 Å². The fourth-order valence-corrected chi connectivity index (χ4v) is 5.90. The van der Waals surface area contributed by atoms with Gasteiger partial charge in [0.15, 0.2) is 0 Å². The first kappa shape index (κ1) is 26.2. The zero-order valence-electron chi connectivity index (χ0n) is 22.4. The van der Waals surface area contributed by atoms with Crippen molar-refractivity contribution in [3.8, 4) is 0 Å². The lowest BCUT2D eigenvalue weighted by Crippen LogP contribution is -2.46. The van der Waals surface area contributed by atoms with Crippen molar-refractivity contribution >= 4 is 11.6 Å². The monoisotopic (exact) mass is 506 g/mol. The molecule has 1 fully saturated rings. The Labute approximate surface area is 221 Å². The molecule has 1 N–H and O–H groups in total. The Hall–Kier alpha value is -2.45. The Morgan fingerprint density at radius 1 is 0.973 bits per heavy atom. The number of fused-ring (bicyclic) bond motifs is 2. The fourth-order valence-electron chi connectivity index (χ4n) is 5.90. The molecule has 1 unspecified atom stereocenters. The second kappa shape index (κ2) is 11.9. The molecule has 37 heavy (non-hydrogen) atoms. The molecule has 200 valence electrons. The number of hydrogen-bond acceptors (Lipinski definition) is 6. The number of aliphatic hydroxyl groups excluding tert-OH is 1. The largest absolute Gasteiger partial charge is 0.390 e. The van der Waals surface area contributed by atoms with Crippen LogP contribution in [0.25, 0.3) is 0 Å². The maximum atomic E-state index is 13.3. The molecule has 7 nitrogen and oxygen atoms in total. The molecule has 2 aromatic rings. The van der Waals surface area contributed by atoms with Gasteiger partial charge in [0.05, 0.1) is 18.8 Å². The van der Waals surface area contributed by atoms with Crippen LogP contribution in [0.2, 0.25) is 0 Å². The van der Waals surface area contributed by atoms with Gasteiger partial charge in [-0.15, -0.1) is 0 Å². The van der Waals surface area contributed by atoms with E-state index < -0.39 is 6.10 Å². The van der Waals surface area contributed by atoms with Gasteiger partial charge in [-0.2, -0.15) is 0 Å². The molecule has 3 aliphatic heterocycles. The lowest BCUT2D eigenvalue weighted by Gasteiger charge is -2.36. The molecule has 7 heteroatoms. The van der Waals surface area contributed by atoms with Gasteiger partial charge in [0.25, 0.3) is 5.91 Å². The lowest BCUT2D eigenvalue weighted by molar-refractivity contribution is 0.0294. The first-order valence-corrected chi connectivity index (χ1v) is 13.9. The molecular formula is C30H42N4O3. The summed E-state index contributed by atoms with van der Waals surface area (Å²) in [4.78, 5) is 22.0. The number of likely N-dealkylation sites (N-methyl/N-ethyl adjacent to an activating group) is 1. The first-order valence-electron chi connectivity index (χ1n) is 13.9. The Balaban J connectivity index is 1.12. The highest BCUT2D eigenvalue weighted by Crippen LogP contribution is 2.28. The van der Waals surface area contributed by atoms with E-state index in [0.717, 1.165) is 76.1 Å². The van der Waals surface area contributed by atoms with Crippen LogP contribution in [0.15, 0.2) is 42.5 Å². The van der Waals surface area contributed by atoms with E-state index in [1.165, 1.54) is 16.8 Å². The van der Waals surface area contributed by atoms with Crippen molar-refractivity contribution in [2.75, 3.05) is 71.4 Å². The zero-order valence-corrected chi connectivity index (χ0v) is 22.4. The van der Waals surface area contributed by atoms with Crippen molar-refractivity contribution in [3.63, 3.8) is 0 Å². The summed E-state index contributed by atoms with van der Waals surface area (Å²) in [5, 5.41) is 10.8. The highest BCUT2D eigenvalue weighted by atomic mass is 16.5. The second-order valence-electron chi connectivity index (χ2n) is 11.1. The number of rotatable bonds is 9. The average Bonchev–Trinajstić information content (AvgIpc) is 2.90. The number of carbonyl (C=O) groups is 1. The van der Waals surface area contributed by atoms with E-state index in [4.69, 9.17) is 4.74 Å². The molecule has 2 aromatic carbocycles. The third-order valence-corrected chi connectivity index (χ3v) is 8.07. The summed E-state index contributed by atoms with van der Waals surface area (Å²) in [6, 6.07) is 14.8. The molecule has 0 aliphatic carbocycles. The van der Waals surface area contributed by atoms with Crippen molar-refractivity contribution < 1.29 is 14.6 Å². The second-order valence-corrected chi connectivity index (χ2v) is 11.1. The van der Waals surface area contributed by atoms with Crippen molar-refractivity contribution in [2.24, 2.45) is 0 Å². The molecule has 0 radical (unpaired) electrons. The van der Waals surface area contributed by atoms with Gasteiger partial charge in [0.2, 0.25) is 0 Å². The van der Waals surface area contributed by atoms with Crippen molar-refractivity contribution in [1.29, 1.82) is 0 Å². The number of nitrogens with zero attached hydrogens (tertiary/aromatic N) is 4. The third-order valence-electron chi connectivity index (χ3n) is 8.07. The van der Waals surface area contributed by atoms with Crippen LogP contribution in [0.5, 0.6) is 0 Å². The van der Waals surface area contributed by atoms with E-state index in [0.29, 0.717) is 25.7 Å². The number of piperidine rings is 1. The lowest BCUT2D eigenvalue weighted by atomic mass is 9.96. The van der Waals surface area contributed by atoms with Crippen LogP contribution in [0, 0.1) is 0 Å². The molecule has 0 saturated carbocycles. The minimum Gasteiger partial charge on any atom is -0.390 e. The van der Waals surface area contributed by atoms with Crippen LogP contribution < -0.4 is 4.90 Å². The van der Waals surface area contributed by atoms with Gasteiger partial charge < -0.3 is 24.5 Å². The maximum absolute atomic E-state index is 13.3. The van der Waals surface area contributed by atoms with Crippen LogP contribution in [0.3, 0.4) is 0 Å². The molecule has 1 atom stereocenters. The van der Waals surface area contributed by atoms with E-state index in [-0.39, 0.29) is 5.91 Å². The summed E-state index contributed by atoms with van der Waals surface area (Å²) in [5.74, 6) is 0.0452. The maximum Gasteiger partial charge on any atom is 0.254 e. The number of carbonyl (C=O) groups excluding carboxylic acids is 1. The van der Waals surface area contributed by atoms with E-state index in [2.05, 4.69) is 65.2 Å². The van der Waals surface area contributed by atoms with Crippen LogP contribution in [-0.2, 0) is 24.1 Å². The third kappa shape index (κ3) is 6.52. The van der Waals surface area contributed by atoms with Crippen molar-refractivity contribution in [3.05, 3.63) is 64.7 Å². The van der Waals surface area contributed by atoms with E-state index in [9.17, 15) is 9.90 Å². The molecule has 0 spiro atoms. The normalized spacial score (nSPS) is 19.7. The number of β-amino-alcohol motifs (C(OH)–C–C–N with tert-alkyl or cyclic N) is 1. The number of aliphatic hydroxyl groups is 1. The summed E-state index contributed by atoms with van der Waals surface area (Å²) < 4.78 is 6.05. The van der Waals surface area contributed by atoms with Gasteiger partial charge in [-0.1, -0.05) is 24.3 Å². The Kier molecular flexibility index (Phi) is 8.45. The van der Waals surface area contributed by atoms with E-state index in [1.54, 1.807) is 0 Å². The number of amides is 1. The van der Waals surface area contributed by atoms with Crippen molar-refractivity contribution in [2.45, 2.75) is 44.4 Å². The molecule has 3 aliphatic rings. The summed E-state index contributed by atoms with van der Waals surface area (Å²) in [7, 11) is 4.15. The quantitative estimate of drug-likeness (QED) is 0.564. The minimum absolute atomic E-state index is 0.0452. The fraction of sp³-hybridized carbons (Fsp3) is 0.567. The molecular weight excluding hydrogens is 464 g/mol. The summed E-state index contributed by atoms with van der Waals surface area (Å²) in [6.07, 6.45) is 3.73. The standard InChI is InChI=1S/C30H42N4O3/c1-31(2)17-18-37-28-11-15-33(16-12-28)26-7-8-29-24(19-26)10-14-34(30(29)36)22-27(35)21-32-13-9-23-5-3-4-6-25(23)20-32/h3-8,19,27-28,35H,9-18,20-22H2,1-2H3. The number of hydrogen-bond donors (Lipinski definition) is 1. The minimum atomic E-state index is -0.545. The van der Waals surface area contributed by atoms with Gasteiger partial charge in [-0.25, -0.2) is 0 Å². The van der Waals surface area contributed by atoms with Crippen molar-refractivity contribution in [1.82, 2.24) is 14.7 Å². The number of anilines is 1. The zero-order chi connectivity index (χ0) is 25.8. The topological polar surface area (TPSA) is 59.5 Å². The Bertz CT molecular complexity index is 1070. The van der Waals surface area contributed by atoms with Gasteiger partial charge in [-0.3, -0.25) is 9.69 Å². The predicted octanol–water partition coefficient (Wildman–Crippen LogP) is 2.65. The van der Waals surface area contributed by atoms with Crippen LogP contribution in [-0.4, -0.2) is 104 Å². The molecule has 3 heterocycles. The van der Waals surface area contributed by atoms with Crippen LogP contribution in [0.4, 0.5) is 5.69 Å². The molecule has 1 amide bonds. The summed E-state index contributed by atoms with van der Waals surface area (Å²) >= 11 is 0. The molecule has 1 saturated heterocycles. The van der Waals surface area contributed by atoms with E-state index in [1.807, 2.05) is 11.0 Å².